The van der Waals surface area contributed by atoms with Crippen LogP contribution >= 0.6 is 27.5 Å². The van der Waals surface area contributed by atoms with Gasteiger partial charge < -0.3 is 10.1 Å². The van der Waals surface area contributed by atoms with Crippen molar-refractivity contribution >= 4 is 45.4 Å². The van der Waals surface area contributed by atoms with Crippen LogP contribution in [-0.2, 0) is 4.79 Å². The maximum absolute atomic E-state index is 11.8. The van der Waals surface area contributed by atoms with Gasteiger partial charge in [0.15, 0.2) is 12.9 Å². The van der Waals surface area contributed by atoms with E-state index < -0.39 is 0 Å². The highest BCUT2D eigenvalue weighted by atomic mass is 79.9. The van der Waals surface area contributed by atoms with Crippen molar-refractivity contribution in [3.63, 3.8) is 0 Å². The van der Waals surface area contributed by atoms with Crippen molar-refractivity contribution in [2.24, 2.45) is 0 Å². The Bertz CT molecular complexity index is 658. The Morgan fingerprint density at radius 3 is 2.62 bits per heavy atom. The Morgan fingerprint density at radius 1 is 1.24 bits per heavy atom. The minimum absolute atomic E-state index is 0.211. The summed E-state index contributed by atoms with van der Waals surface area (Å²) in [6.45, 7) is -0.211. The number of carbonyl (C=O) groups is 2. The molecule has 0 saturated carbocycles. The van der Waals surface area contributed by atoms with Crippen molar-refractivity contribution in [3.05, 3.63) is 57.5 Å². The van der Waals surface area contributed by atoms with Crippen LogP contribution in [0.2, 0.25) is 5.02 Å². The number of halogens is 2. The van der Waals surface area contributed by atoms with Crippen LogP contribution in [0, 0.1) is 0 Å². The second-order valence-electron chi connectivity index (χ2n) is 4.11. The highest BCUT2D eigenvalue weighted by Crippen LogP contribution is 2.24. The lowest BCUT2D eigenvalue weighted by molar-refractivity contribution is -0.118. The van der Waals surface area contributed by atoms with Gasteiger partial charge in [-0.15, -0.1) is 0 Å². The molecule has 0 fully saturated rings. The molecular formula is C15H11BrClNO3. The molecule has 0 saturated heterocycles. The average Bonchev–Trinajstić information content (AvgIpc) is 2.47. The Kier molecular flexibility index (Phi) is 5.36. The third kappa shape index (κ3) is 4.31. The molecule has 0 aliphatic carbocycles. The minimum atomic E-state index is -0.325. The number of ether oxygens (including phenoxy) is 1. The highest BCUT2D eigenvalue weighted by molar-refractivity contribution is 9.10. The van der Waals surface area contributed by atoms with Crippen LogP contribution in [0.4, 0.5) is 5.69 Å². The van der Waals surface area contributed by atoms with Crippen molar-refractivity contribution < 1.29 is 14.3 Å². The summed E-state index contributed by atoms with van der Waals surface area (Å²) in [4.78, 5) is 22.7. The Hall–Kier alpha value is -1.85. The van der Waals surface area contributed by atoms with Gasteiger partial charge in [0.1, 0.15) is 5.75 Å². The normalized spacial score (nSPS) is 10.0. The van der Waals surface area contributed by atoms with Gasteiger partial charge in [0.05, 0.1) is 10.6 Å². The van der Waals surface area contributed by atoms with E-state index in [0.29, 0.717) is 12.0 Å². The number of hydrogen-bond acceptors (Lipinski definition) is 3. The summed E-state index contributed by atoms with van der Waals surface area (Å²) in [7, 11) is 0. The van der Waals surface area contributed by atoms with Gasteiger partial charge >= 0.3 is 0 Å². The van der Waals surface area contributed by atoms with Crippen LogP contribution in [0.1, 0.15) is 10.4 Å². The molecule has 4 nitrogen and oxygen atoms in total. The number of hydrogen-bond donors (Lipinski definition) is 1. The van der Waals surface area contributed by atoms with Gasteiger partial charge in [-0.25, -0.2) is 0 Å². The van der Waals surface area contributed by atoms with Gasteiger partial charge in [-0.2, -0.15) is 0 Å². The summed E-state index contributed by atoms with van der Waals surface area (Å²) >= 11 is 9.19. The largest absolute Gasteiger partial charge is 0.483 e. The Labute approximate surface area is 135 Å². The number of nitrogens with one attached hydrogen (secondary N) is 1. The lowest BCUT2D eigenvalue weighted by atomic mass is 10.2. The van der Waals surface area contributed by atoms with Crippen LogP contribution in [0.25, 0.3) is 0 Å². The summed E-state index contributed by atoms with van der Waals surface area (Å²) in [5, 5.41) is 2.97. The average molecular weight is 369 g/mol. The van der Waals surface area contributed by atoms with E-state index in [1.165, 1.54) is 0 Å². The zero-order valence-electron chi connectivity index (χ0n) is 10.8. The summed E-state index contributed by atoms with van der Waals surface area (Å²) in [6.07, 6.45) is 0.601. The van der Waals surface area contributed by atoms with Gasteiger partial charge in [0, 0.05) is 10.2 Å². The lowest BCUT2D eigenvalue weighted by Crippen LogP contribution is -2.20. The molecule has 0 bridgehead atoms. The second kappa shape index (κ2) is 7.24. The summed E-state index contributed by atoms with van der Waals surface area (Å²) in [6, 6.07) is 12.0. The van der Waals surface area contributed by atoms with Crippen molar-refractivity contribution in [1.29, 1.82) is 0 Å². The molecule has 108 valence electrons. The molecular weight excluding hydrogens is 358 g/mol. The van der Waals surface area contributed by atoms with Crippen molar-refractivity contribution in [2.45, 2.75) is 0 Å². The van der Waals surface area contributed by atoms with Gasteiger partial charge in [-0.1, -0.05) is 33.6 Å². The summed E-state index contributed by atoms with van der Waals surface area (Å²) < 4.78 is 6.25. The van der Waals surface area contributed by atoms with Gasteiger partial charge in [-0.3, -0.25) is 9.59 Å². The molecule has 6 heteroatoms. The van der Waals surface area contributed by atoms with Crippen LogP contribution in [0.5, 0.6) is 5.75 Å². The maximum Gasteiger partial charge on any atom is 0.262 e. The fourth-order valence-corrected chi connectivity index (χ4v) is 2.11. The molecule has 0 radical (unpaired) electrons. The molecule has 0 aliphatic heterocycles. The number of carbonyl (C=O) groups excluding carboxylic acids is 2. The van der Waals surface area contributed by atoms with Crippen molar-refractivity contribution in [1.82, 2.24) is 0 Å². The molecule has 21 heavy (non-hydrogen) atoms. The van der Waals surface area contributed by atoms with Crippen LogP contribution < -0.4 is 10.1 Å². The van der Waals surface area contributed by atoms with Crippen LogP contribution in [-0.4, -0.2) is 18.8 Å². The standard InChI is InChI=1S/C15H11BrClNO3/c16-10-4-6-11(7-5-10)18-15(20)9-21-14-3-1-2-13(17)12(14)8-19/h1-8H,9H2,(H,18,20). The molecule has 0 heterocycles. The molecule has 0 spiro atoms. The Balaban J connectivity index is 1.97. The first-order valence-corrected chi connectivity index (χ1v) is 7.19. The third-order valence-electron chi connectivity index (χ3n) is 2.62. The highest BCUT2D eigenvalue weighted by Gasteiger charge is 2.09. The fourth-order valence-electron chi connectivity index (χ4n) is 1.63. The van der Waals surface area contributed by atoms with E-state index in [1.54, 1.807) is 30.3 Å². The number of aldehydes is 1. The molecule has 2 aromatic rings. The van der Waals surface area contributed by atoms with E-state index in [2.05, 4.69) is 21.2 Å². The van der Waals surface area contributed by atoms with Crippen molar-refractivity contribution in [3.8, 4) is 5.75 Å². The first-order chi connectivity index (χ1) is 10.1. The molecule has 2 rings (SSSR count). The molecule has 0 unspecified atom stereocenters. The maximum atomic E-state index is 11.8. The van der Waals surface area contributed by atoms with E-state index in [9.17, 15) is 9.59 Å². The SMILES string of the molecule is O=Cc1c(Cl)cccc1OCC(=O)Nc1ccc(Br)cc1. The molecule has 2 aromatic carbocycles. The third-order valence-corrected chi connectivity index (χ3v) is 3.48. The molecule has 0 aliphatic rings. The van der Waals surface area contributed by atoms with Gasteiger partial charge in [-0.05, 0) is 36.4 Å². The lowest BCUT2D eigenvalue weighted by Gasteiger charge is -2.09. The fraction of sp³-hybridized carbons (Fsp3) is 0.0667. The summed E-state index contributed by atoms with van der Waals surface area (Å²) in [5.74, 6) is -0.0439. The second-order valence-corrected chi connectivity index (χ2v) is 5.44. The number of rotatable bonds is 5. The predicted octanol–water partition coefficient (Wildman–Crippen LogP) is 3.93. The monoisotopic (exact) mass is 367 g/mol. The number of anilines is 1. The van der Waals surface area contributed by atoms with Crippen LogP contribution in [0.15, 0.2) is 46.9 Å². The minimum Gasteiger partial charge on any atom is -0.483 e. The predicted molar refractivity (Wildman–Crippen MR) is 85.1 cm³/mol. The van der Waals surface area contributed by atoms with Crippen molar-refractivity contribution in [2.75, 3.05) is 11.9 Å². The van der Waals surface area contributed by atoms with Gasteiger partial charge in [0.2, 0.25) is 0 Å². The summed E-state index contributed by atoms with van der Waals surface area (Å²) in [5.41, 5.74) is 0.893. The molecule has 1 N–H and O–H groups in total. The first kappa shape index (κ1) is 15.5. The molecule has 0 atom stereocenters. The van der Waals surface area contributed by atoms with Crippen LogP contribution in [0.3, 0.4) is 0 Å². The van der Waals surface area contributed by atoms with E-state index in [-0.39, 0.29) is 28.8 Å². The number of amides is 1. The zero-order valence-corrected chi connectivity index (χ0v) is 13.1. The van der Waals surface area contributed by atoms with Gasteiger partial charge in [0.25, 0.3) is 5.91 Å². The van der Waals surface area contributed by atoms with E-state index in [4.69, 9.17) is 16.3 Å². The van der Waals surface area contributed by atoms with E-state index >= 15 is 0 Å². The molecule has 0 aromatic heterocycles. The topological polar surface area (TPSA) is 55.4 Å². The van der Waals surface area contributed by atoms with E-state index in [0.717, 1.165) is 4.47 Å². The van der Waals surface area contributed by atoms with E-state index in [1.807, 2.05) is 12.1 Å². The first-order valence-electron chi connectivity index (χ1n) is 6.02. The zero-order chi connectivity index (χ0) is 15.2. The smallest absolute Gasteiger partial charge is 0.262 e. The number of benzene rings is 2. The quantitative estimate of drug-likeness (QED) is 0.814. The Morgan fingerprint density at radius 2 is 1.95 bits per heavy atom. The molecule has 1 amide bonds.